The first-order valence-electron chi connectivity index (χ1n) is 7.83. The standard InChI is InChI=1S/C19H21NO4/c1-14-3-9-17(10-4-14)24-12-2-11-20-18(21)13-15-5-7-16(8-6-15)19(22)23/h3-10H,2,11-13H2,1H3,(H,20,21)(H,22,23). The van der Waals surface area contributed by atoms with E-state index in [0.717, 1.165) is 17.7 Å². The SMILES string of the molecule is Cc1ccc(OCCCNC(=O)Cc2ccc(C(=O)O)cc2)cc1. The van der Waals surface area contributed by atoms with Crippen molar-refractivity contribution >= 4 is 11.9 Å². The molecular formula is C19H21NO4. The molecule has 126 valence electrons. The van der Waals surface area contributed by atoms with Gasteiger partial charge in [0, 0.05) is 6.54 Å². The lowest BCUT2D eigenvalue weighted by atomic mass is 10.1. The highest BCUT2D eigenvalue weighted by Gasteiger charge is 2.05. The molecule has 0 aliphatic carbocycles. The van der Waals surface area contributed by atoms with Gasteiger partial charge in [0.1, 0.15) is 5.75 Å². The third-order valence-corrected chi connectivity index (χ3v) is 3.50. The number of rotatable bonds is 8. The maximum absolute atomic E-state index is 11.8. The van der Waals surface area contributed by atoms with Gasteiger partial charge in [-0.2, -0.15) is 0 Å². The van der Waals surface area contributed by atoms with Crippen molar-refractivity contribution < 1.29 is 19.4 Å². The minimum atomic E-state index is -0.973. The molecule has 0 aromatic heterocycles. The summed E-state index contributed by atoms with van der Waals surface area (Å²) in [5, 5.41) is 11.7. The number of amides is 1. The maximum atomic E-state index is 11.8. The second-order valence-electron chi connectivity index (χ2n) is 5.54. The van der Waals surface area contributed by atoms with Gasteiger partial charge in [0.15, 0.2) is 0 Å². The fourth-order valence-electron chi connectivity index (χ4n) is 2.14. The first-order valence-corrected chi connectivity index (χ1v) is 7.83. The fraction of sp³-hybridized carbons (Fsp3) is 0.263. The van der Waals surface area contributed by atoms with Crippen LogP contribution < -0.4 is 10.1 Å². The molecular weight excluding hydrogens is 306 g/mol. The Morgan fingerprint density at radius 1 is 1.04 bits per heavy atom. The second-order valence-corrected chi connectivity index (χ2v) is 5.54. The first-order chi connectivity index (χ1) is 11.5. The summed E-state index contributed by atoms with van der Waals surface area (Å²) in [6.45, 7) is 3.10. The molecule has 2 aromatic rings. The number of hydrogen-bond donors (Lipinski definition) is 2. The van der Waals surface area contributed by atoms with E-state index in [2.05, 4.69) is 5.32 Å². The molecule has 0 aliphatic rings. The van der Waals surface area contributed by atoms with E-state index in [1.54, 1.807) is 12.1 Å². The average molecular weight is 327 g/mol. The molecule has 0 radical (unpaired) electrons. The Balaban J connectivity index is 1.64. The smallest absolute Gasteiger partial charge is 0.335 e. The van der Waals surface area contributed by atoms with Gasteiger partial charge < -0.3 is 15.2 Å². The van der Waals surface area contributed by atoms with Crippen molar-refractivity contribution in [3.8, 4) is 5.75 Å². The summed E-state index contributed by atoms with van der Waals surface area (Å²) >= 11 is 0. The molecule has 0 heterocycles. The summed E-state index contributed by atoms with van der Waals surface area (Å²) in [6, 6.07) is 14.1. The molecule has 0 saturated heterocycles. The predicted molar refractivity (Wildman–Crippen MR) is 91.4 cm³/mol. The van der Waals surface area contributed by atoms with E-state index < -0.39 is 5.97 Å². The van der Waals surface area contributed by atoms with Crippen LogP contribution in [0.2, 0.25) is 0 Å². The minimum absolute atomic E-state index is 0.0894. The number of carboxylic acid groups (broad SMARTS) is 1. The van der Waals surface area contributed by atoms with Crippen LogP contribution in [0.5, 0.6) is 5.75 Å². The van der Waals surface area contributed by atoms with Crippen LogP contribution in [0.4, 0.5) is 0 Å². The molecule has 5 heteroatoms. The van der Waals surface area contributed by atoms with Crippen LogP contribution in [0, 0.1) is 6.92 Å². The van der Waals surface area contributed by atoms with E-state index in [1.165, 1.54) is 17.7 Å². The maximum Gasteiger partial charge on any atom is 0.335 e. The van der Waals surface area contributed by atoms with Crippen LogP contribution in [0.1, 0.15) is 27.9 Å². The van der Waals surface area contributed by atoms with Crippen molar-refractivity contribution in [2.75, 3.05) is 13.2 Å². The number of carbonyl (C=O) groups excluding carboxylic acids is 1. The summed E-state index contributed by atoms with van der Waals surface area (Å²) in [4.78, 5) is 22.6. The van der Waals surface area contributed by atoms with Gasteiger partial charge in [0.2, 0.25) is 5.91 Å². The van der Waals surface area contributed by atoms with Gasteiger partial charge >= 0.3 is 5.97 Å². The topological polar surface area (TPSA) is 75.6 Å². The molecule has 0 unspecified atom stereocenters. The minimum Gasteiger partial charge on any atom is -0.494 e. The van der Waals surface area contributed by atoms with E-state index in [4.69, 9.17) is 9.84 Å². The molecule has 2 aromatic carbocycles. The first kappa shape index (κ1) is 17.5. The average Bonchev–Trinajstić information content (AvgIpc) is 2.56. The van der Waals surface area contributed by atoms with Gasteiger partial charge in [-0.05, 0) is 43.2 Å². The lowest BCUT2D eigenvalue weighted by Crippen LogP contribution is -2.27. The van der Waals surface area contributed by atoms with Gasteiger partial charge in [-0.1, -0.05) is 29.8 Å². The van der Waals surface area contributed by atoms with E-state index in [9.17, 15) is 9.59 Å². The number of aromatic carboxylic acids is 1. The fourth-order valence-corrected chi connectivity index (χ4v) is 2.14. The summed E-state index contributed by atoms with van der Waals surface area (Å²) < 4.78 is 5.59. The third-order valence-electron chi connectivity index (χ3n) is 3.50. The quantitative estimate of drug-likeness (QED) is 0.731. The van der Waals surface area contributed by atoms with Crippen molar-refractivity contribution in [2.45, 2.75) is 19.8 Å². The van der Waals surface area contributed by atoms with Crippen molar-refractivity contribution in [3.05, 3.63) is 65.2 Å². The van der Waals surface area contributed by atoms with Crippen molar-refractivity contribution in [1.82, 2.24) is 5.32 Å². The van der Waals surface area contributed by atoms with Gasteiger partial charge in [0.05, 0.1) is 18.6 Å². The normalized spacial score (nSPS) is 10.2. The zero-order valence-electron chi connectivity index (χ0n) is 13.6. The molecule has 0 spiro atoms. The van der Waals surface area contributed by atoms with Crippen LogP contribution in [-0.2, 0) is 11.2 Å². The van der Waals surface area contributed by atoms with Crippen LogP contribution in [0.25, 0.3) is 0 Å². The lowest BCUT2D eigenvalue weighted by Gasteiger charge is -2.08. The highest BCUT2D eigenvalue weighted by Crippen LogP contribution is 2.11. The highest BCUT2D eigenvalue weighted by molar-refractivity contribution is 5.87. The number of hydrogen-bond acceptors (Lipinski definition) is 3. The van der Waals surface area contributed by atoms with Crippen molar-refractivity contribution in [3.63, 3.8) is 0 Å². The molecule has 24 heavy (non-hydrogen) atoms. The summed E-state index contributed by atoms with van der Waals surface area (Å²) in [5.41, 5.74) is 2.19. The summed E-state index contributed by atoms with van der Waals surface area (Å²) in [7, 11) is 0. The number of carboxylic acids is 1. The molecule has 0 atom stereocenters. The van der Waals surface area contributed by atoms with E-state index in [1.807, 2.05) is 31.2 Å². The Labute approximate surface area is 141 Å². The van der Waals surface area contributed by atoms with Crippen LogP contribution in [-0.4, -0.2) is 30.1 Å². The number of nitrogens with one attached hydrogen (secondary N) is 1. The number of aryl methyl sites for hydroxylation is 1. The van der Waals surface area contributed by atoms with Gasteiger partial charge in [-0.25, -0.2) is 4.79 Å². The van der Waals surface area contributed by atoms with Crippen molar-refractivity contribution in [1.29, 1.82) is 0 Å². The lowest BCUT2D eigenvalue weighted by molar-refractivity contribution is -0.120. The highest BCUT2D eigenvalue weighted by atomic mass is 16.5. The molecule has 0 fully saturated rings. The van der Waals surface area contributed by atoms with Gasteiger partial charge in [0.25, 0.3) is 0 Å². The molecule has 1 amide bonds. The molecule has 0 saturated carbocycles. The van der Waals surface area contributed by atoms with E-state index in [0.29, 0.717) is 13.2 Å². The Hall–Kier alpha value is -2.82. The van der Waals surface area contributed by atoms with Crippen LogP contribution in [0.3, 0.4) is 0 Å². The molecule has 0 bridgehead atoms. The Morgan fingerprint density at radius 2 is 1.71 bits per heavy atom. The second kappa shape index (κ2) is 8.72. The number of benzene rings is 2. The van der Waals surface area contributed by atoms with Gasteiger partial charge in [-0.15, -0.1) is 0 Å². The zero-order valence-corrected chi connectivity index (χ0v) is 13.6. The monoisotopic (exact) mass is 327 g/mol. The van der Waals surface area contributed by atoms with Crippen LogP contribution in [0.15, 0.2) is 48.5 Å². The third kappa shape index (κ3) is 5.76. The molecule has 0 aliphatic heterocycles. The molecule has 2 N–H and O–H groups in total. The van der Waals surface area contributed by atoms with Crippen LogP contribution >= 0.6 is 0 Å². The zero-order chi connectivity index (χ0) is 17.4. The molecule has 2 rings (SSSR count). The number of carbonyl (C=O) groups is 2. The Morgan fingerprint density at radius 3 is 2.33 bits per heavy atom. The Kier molecular flexibility index (Phi) is 6.37. The predicted octanol–water partition coefficient (Wildman–Crippen LogP) is 2.82. The van der Waals surface area contributed by atoms with E-state index >= 15 is 0 Å². The number of ether oxygens (including phenoxy) is 1. The Bertz CT molecular complexity index is 678. The van der Waals surface area contributed by atoms with Crippen molar-refractivity contribution in [2.24, 2.45) is 0 Å². The van der Waals surface area contributed by atoms with Gasteiger partial charge in [-0.3, -0.25) is 4.79 Å². The van der Waals surface area contributed by atoms with E-state index in [-0.39, 0.29) is 17.9 Å². The summed E-state index contributed by atoms with van der Waals surface area (Å²) in [6.07, 6.45) is 0.955. The summed E-state index contributed by atoms with van der Waals surface area (Å²) in [5.74, 6) is -0.238. The molecule has 5 nitrogen and oxygen atoms in total. The largest absolute Gasteiger partial charge is 0.494 e.